The average molecular weight is 382 g/mol. The van der Waals surface area contributed by atoms with Crippen LogP contribution >= 0.6 is 0 Å². The molecule has 142 valence electrons. The smallest absolute Gasteiger partial charge is 0.417 e. The Balaban J connectivity index is 0.000000487. The van der Waals surface area contributed by atoms with E-state index in [1.165, 1.54) is 0 Å². The van der Waals surface area contributed by atoms with Gasteiger partial charge in [0.25, 0.3) is 0 Å². The van der Waals surface area contributed by atoms with Crippen molar-refractivity contribution in [1.29, 1.82) is 0 Å². The van der Waals surface area contributed by atoms with Gasteiger partial charge in [-0.2, -0.15) is 0 Å². The molecule has 0 aliphatic carbocycles. The van der Waals surface area contributed by atoms with Crippen LogP contribution in [0.25, 0.3) is 0 Å². The minimum atomic E-state index is -4.41. The van der Waals surface area contributed by atoms with Crippen LogP contribution in [0.1, 0.15) is 0 Å². The molecule has 1 amide bonds. The van der Waals surface area contributed by atoms with E-state index in [9.17, 15) is 17.8 Å². The van der Waals surface area contributed by atoms with Crippen molar-refractivity contribution in [1.82, 2.24) is 4.48 Å². The average Bonchev–Trinajstić information content (AvgIpc) is 2.55. The molecule has 0 aromatic heterocycles. The molecular formula is C17H22N2O6S. The highest BCUT2D eigenvalue weighted by Crippen LogP contribution is 2.23. The molecule has 8 nitrogen and oxygen atoms in total. The van der Waals surface area contributed by atoms with E-state index in [-0.39, 0.29) is 0 Å². The molecule has 0 saturated carbocycles. The maximum Gasteiger partial charge on any atom is 0.417 e. The van der Waals surface area contributed by atoms with Crippen LogP contribution in [0.3, 0.4) is 0 Å². The van der Waals surface area contributed by atoms with Gasteiger partial charge in [0, 0.05) is 11.8 Å². The zero-order chi connectivity index (χ0) is 19.8. The molecule has 0 aliphatic heterocycles. The number of carbonyl (C=O) groups is 1. The fourth-order valence-electron chi connectivity index (χ4n) is 1.74. The lowest BCUT2D eigenvalue weighted by molar-refractivity contribution is 0.215. The summed E-state index contributed by atoms with van der Waals surface area (Å²) >= 11 is 0. The normalized spacial score (nSPS) is 11.1. The number of anilines is 1. The maximum absolute atomic E-state index is 11.8. The largest absolute Gasteiger partial charge is 0.726 e. The van der Waals surface area contributed by atoms with Crippen molar-refractivity contribution in [3.63, 3.8) is 0 Å². The number of carbonyl (C=O) groups excluding carboxylic acids is 1. The van der Waals surface area contributed by atoms with Gasteiger partial charge in [0.15, 0.2) is 0 Å². The number of amides is 1. The lowest BCUT2D eigenvalue weighted by Crippen LogP contribution is -2.34. The topological polar surface area (TPSA) is 105 Å². The zero-order valence-electron chi connectivity index (χ0n) is 15.0. The summed E-state index contributed by atoms with van der Waals surface area (Å²) < 4.78 is 37.0. The zero-order valence-corrected chi connectivity index (χ0v) is 15.8. The third kappa shape index (κ3) is 8.58. The summed E-state index contributed by atoms with van der Waals surface area (Å²) in [5, 5.41) is 2.68. The predicted molar refractivity (Wildman–Crippen MR) is 98.8 cm³/mol. The molecule has 1 N–H and O–H groups in total. The molecular weight excluding hydrogens is 360 g/mol. The minimum absolute atomic E-state index is 0.491. The van der Waals surface area contributed by atoms with Crippen LogP contribution in [-0.4, -0.2) is 47.3 Å². The van der Waals surface area contributed by atoms with Crippen molar-refractivity contribution in [2.75, 3.05) is 33.6 Å². The number of hydrogen-bond acceptors (Lipinski definition) is 6. The molecule has 26 heavy (non-hydrogen) atoms. The second-order valence-electron chi connectivity index (χ2n) is 5.97. The second kappa shape index (κ2) is 9.30. The van der Waals surface area contributed by atoms with Crippen LogP contribution in [0.15, 0.2) is 54.6 Å². The predicted octanol–water partition coefficient (Wildman–Crippen LogP) is 2.59. The van der Waals surface area contributed by atoms with Gasteiger partial charge in [-0.25, -0.2) is 13.2 Å². The van der Waals surface area contributed by atoms with Crippen LogP contribution in [0.2, 0.25) is 0 Å². The van der Waals surface area contributed by atoms with Crippen LogP contribution in [-0.2, 0) is 14.6 Å². The van der Waals surface area contributed by atoms with Crippen molar-refractivity contribution in [2.45, 2.75) is 0 Å². The Morgan fingerprint density at radius 1 is 1.04 bits per heavy atom. The Kier molecular flexibility index (Phi) is 7.72. The monoisotopic (exact) mass is 382 g/mol. The first-order chi connectivity index (χ1) is 12.0. The fraction of sp³-hybridized carbons (Fsp3) is 0.235. The van der Waals surface area contributed by atoms with Crippen molar-refractivity contribution >= 4 is 27.9 Å². The molecule has 0 heterocycles. The first-order valence-electron chi connectivity index (χ1n) is 7.48. The van der Waals surface area contributed by atoms with Gasteiger partial charge < -0.3 is 9.29 Å². The van der Waals surface area contributed by atoms with Crippen molar-refractivity contribution in [3.8, 4) is 5.75 Å². The van der Waals surface area contributed by atoms with Gasteiger partial charge in [-0.3, -0.25) is 14.0 Å². The van der Waals surface area contributed by atoms with Gasteiger partial charge in [0.05, 0.1) is 28.3 Å². The van der Waals surface area contributed by atoms with Gasteiger partial charge in [-0.15, -0.1) is 0 Å². The first-order valence-corrected chi connectivity index (χ1v) is 8.82. The van der Waals surface area contributed by atoms with E-state index >= 15 is 0 Å². The Morgan fingerprint density at radius 2 is 1.62 bits per heavy atom. The van der Waals surface area contributed by atoms with Crippen molar-refractivity contribution < 1.29 is 26.7 Å². The summed E-state index contributed by atoms with van der Waals surface area (Å²) in [4.78, 5) is 11.8. The van der Waals surface area contributed by atoms with E-state index in [2.05, 4.69) is 30.6 Å². The van der Waals surface area contributed by atoms with E-state index in [0.29, 0.717) is 15.9 Å². The first kappa shape index (κ1) is 21.6. The van der Waals surface area contributed by atoms with Gasteiger partial charge in [0.2, 0.25) is 10.4 Å². The van der Waals surface area contributed by atoms with Gasteiger partial charge in [0.1, 0.15) is 11.4 Å². The van der Waals surface area contributed by atoms with E-state index in [1.807, 2.05) is 48.5 Å². The van der Waals surface area contributed by atoms with Crippen LogP contribution < -0.4 is 14.5 Å². The highest BCUT2D eigenvalue weighted by Gasteiger charge is 2.14. The van der Waals surface area contributed by atoms with Gasteiger partial charge in [-0.05, 0) is 24.3 Å². The molecule has 9 heteroatoms. The third-order valence-corrected chi connectivity index (χ3v) is 3.44. The summed E-state index contributed by atoms with van der Waals surface area (Å²) in [6, 6.07) is 16.7. The van der Waals surface area contributed by atoms with E-state index in [0.717, 1.165) is 12.8 Å². The Bertz CT molecular complexity index is 817. The van der Waals surface area contributed by atoms with Gasteiger partial charge >= 0.3 is 6.09 Å². The van der Waals surface area contributed by atoms with E-state index < -0.39 is 16.5 Å². The van der Waals surface area contributed by atoms with Crippen molar-refractivity contribution in [3.05, 3.63) is 54.6 Å². The lowest BCUT2D eigenvalue weighted by atomic mass is 10.2. The van der Waals surface area contributed by atoms with E-state index in [4.69, 9.17) is 4.74 Å². The number of ether oxygens (including phenoxy) is 1. The Labute approximate surface area is 153 Å². The quantitative estimate of drug-likeness (QED) is 0.495. The third-order valence-electron chi connectivity index (χ3n) is 3.03. The van der Waals surface area contributed by atoms with Crippen molar-refractivity contribution in [2.24, 2.45) is 0 Å². The molecule has 0 bridgehead atoms. The van der Waals surface area contributed by atoms with Gasteiger partial charge in [-0.1, -0.05) is 24.3 Å². The minimum Gasteiger partial charge on any atom is -0.726 e. The van der Waals surface area contributed by atoms with Crippen LogP contribution in [0.5, 0.6) is 5.75 Å². The lowest BCUT2D eigenvalue weighted by Gasteiger charge is -2.23. The molecule has 0 unspecified atom stereocenters. The molecule has 0 radical (unpaired) electrons. The number of rotatable bonds is 4. The summed E-state index contributed by atoms with van der Waals surface area (Å²) in [5.74, 6) is 0.531. The SMILES string of the molecule is COS(=O)(=O)[O-].C[N+](C)(C)c1cccc(OC(=O)Nc2ccccc2)c1. The molecule has 2 aromatic carbocycles. The Hall–Kier alpha value is -2.46. The molecule has 0 atom stereocenters. The molecule has 0 saturated heterocycles. The summed E-state index contributed by atoms with van der Waals surface area (Å²) in [7, 11) is 2.57. The number of quaternary nitrogens is 1. The molecule has 0 aliphatic rings. The molecule has 2 rings (SSSR count). The molecule has 0 spiro atoms. The summed E-state index contributed by atoms with van der Waals surface area (Å²) in [6.07, 6.45) is -0.491. The summed E-state index contributed by atoms with van der Waals surface area (Å²) in [6.45, 7) is 0. The standard InChI is InChI=1S/C16H18N2O2.CH4O4S/c1-18(2,3)14-10-7-11-15(12-14)20-16(19)17-13-8-5-4-6-9-13;1-5-6(2,3)4/h4-12H,1-3H3;1H3,(H,2,3,4). The highest BCUT2D eigenvalue weighted by molar-refractivity contribution is 7.80. The maximum atomic E-state index is 11.8. The number of para-hydroxylation sites is 1. The highest BCUT2D eigenvalue weighted by atomic mass is 32.3. The number of nitrogens with zero attached hydrogens (tertiary/aromatic N) is 1. The van der Waals surface area contributed by atoms with Crippen LogP contribution in [0, 0.1) is 0 Å². The number of benzene rings is 2. The number of hydrogen-bond donors (Lipinski definition) is 1. The Morgan fingerprint density at radius 3 is 2.12 bits per heavy atom. The number of nitrogens with one attached hydrogen (secondary N) is 1. The fourth-order valence-corrected chi connectivity index (χ4v) is 1.74. The summed E-state index contributed by atoms with van der Waals surface area (Å²) in [5.41, 5.74) is 1.77. The molecule has 0 fully saturated rings. The van der Waals surface area contributed by atoms with Crippen LogP contribution in [0.4, 0.5) is 16.2 Å². The second-order valence-corrected chi connectivity index (χ2v) is 7.12. The molecule has 2 aromatic rings. The van der Waals surface area contributed by atoms with E-state index in [1.54, 1.807) is 6.07 Å².